The number of rotatable bonds is 5. The Kier molecular flexibility index (Phi) is 4.88. The van der Waals surface area contributed by atoms with Crippen LogP contribution in [0.3, 0.4) is 0 Å². The fraction of sp³-hybridized carbons (Fsp3) is 0.421. The van der Waals surface area contributed by atoms with E-state index in [0.29, 0.717) is 11.5 Å². The molecule has 1 N–H and O–H groups in total. The number of hydrogen-bond acceptors (Lipinski definition) is 5. The first-order chi connectivity index (χ1) is 12.0. The quantitative estimate of drug-likeness (QED) is 0.901. The van der Waals surface area contributed by atoms with Crippen LogP contribution in [-0.2, 0) is 6.42 Å². The van der Waals surface area contributed by atoms with Crippen LogP contribution in [0.5, 0.6) is 5.75 Å². The van der Waals surface area contributed by atoms with Crippen LogP contribution in [0.4, 0.5) is 5.82 Å². The summed E-state index contributed by atoms with van der Waals surface area (Å²) in [5.74, 6) is 1.21. The lowest BCUT2D eigenvalue weighted by molar-refractivity contribution is 0.0696. The Morgan fingerprint density at radius 2 is 2.20 bits per heavy atom. The Morgan fingerprint density at radius 3 is 2.92 bits per heavy atom. The van der Waals surface area contributed by atoms with Crippen LogP contribution in [0.25, 0.3) is 0 Å². The normalized spacial score (nSPS) is 16.9. The third-order valence-electron chi connectivity index (χ3n) is 4.95. The fourth-order valence-electron chi connectivity index (χ4n) is 3.39. The van der Waals surface area contributed by atoms with Crippen molar-refractivity contribution in [3.05, 3.63) is 46.6 Å². The maximum atomic E-state index is 11.2. The molecule has 132 valence electrons. The van der Waals surface area contributed by atoms with Crippen molar-refractivity contribution >= 4 is 11.8 Å². The number of carbonyl (C=O) groups is 1. The van der Waals surface area contributed by atoms with Crippen molar-refractivity contribution in [2.45, 2.75) is 26.7 Å². The van der Waals surface area contributed by atoms with Crippen LogP contribution < -0.4 is 9.64 Å². The van der Waals surface area contributed by atoms with Gasteiger partial charge in [0.05, 0.1) is 18.9 Å². The molecule has 0 bridgehead atoms. The molecule has 1 unspecified atom stereocenters. The molecule has 3 rings (SSSR count). The number of benzene rings is 1. The molecule has 2 aromatic rings. The molecule has 1 fully saturated rings. The van der Waals surface area contributed by atoms with Gasteiger partial charge >= 0.3 is 5.97 Å². The number of ether oxygens (including phenoxy) is 1. The highest BCUT2D eigenvalue weighted by molar-refractivity contribution is 5.88. The highest BCUT2D eigenvalue weighted by Gasteiger charge is 2.26. The van der Waals surface area contributed by atoms with Crippen LogP contribution in [-0.4, -0.2) is 41.5 Å². The predicted octanol–water partition coefficient (Wildman–Crippen LogP) is 2.87. The molecule has 25 heavy (non-hydrogen) atoms. The zero-order valence-electron chi connectivity index (χ0n) is 14.8. The van der Waals surface area contributed by atoms with Crippen molar-refractivity contribution < 1.29 is 14.6 Å². The van der Waals surface area contributed by atoms with Crippen molar-refractivity contribution in [3.8, 4) is 5.75 Å². The summed E-state index contributed by atoms with van der Waals surface area (Å²) in [5, 5.41) is 17.6. The first kappa shape index (κ1) is 17.2. The van der Waals surface area contributed by atoms with Crippen LogP contribution in [0.1, 0.15) is 33.5 Å². The maximum absolute atomic E-state index is 11.2. The van der Waals surface area contributed by atoms with Crippen molar-refractivity contribution in [2.75, 3.05) is 25.1 Å². The summed E-state index contributed by atoms with van der Waals surface area (Å²) in [6, 6.07) is 5.04. The third-order valence-corrected chi connectivity index (χ3v) is 4.95. The predicted molar refractivity (Wildman–Crippen MR) is 95.5 cm³/mol. The first-order valence-corrected chi connectivity index (χ1v) is 8.43. The highest BCUT2D eigenvalue weighted by Crippen LogP contribution is 2.30. The summed E-state index contributed by atoms with van der Waals surface area (Å²) in [4.78, 5) is 13.5. The molecule has 0 radical (unpaired) electrons. The van der Waals surface area contributed by atoms with Crippen molar-refractivity contribution in [1.82, 2.24) is 10.2 Å². The smallest absolute Gasteiger partial charge is 0.335 e. The zero-order chi connectivity index (χ0) is 18.0. The molecule has 1 aliphatic heterocycles. The molecule has 6 heteroatoms. The number of aromatic carboxylic acids is 1. The fourth-order valence-corrected chi connectivity index (χ4v) is 3.39. The van der Waals surface area contributed by atoms with E-state index in [9.17, 15) is 9.90 Å². The standard InChI is InChI=1S/C19H23N3O3/c1-12-10-20-21-18(13(12)2)22-7-6-14(11-22)8-16-9-15(19(23)24)4-5-17(16)25-3/h4-5,9-10,14H,6-8,11H2,1-3H3,(H,23,24). The van der Waals surface area contributed by atoms with E-state index in [1.54, 1.807) is 31.5 Å². The molecule has 1 aliphatic rings. The summed E-state index contributed by atoms with van der Waals surface area (Å²) in [6.45, 7) is 5.94. The lowest BCUT2D eigenvalue weighted by Gasteiger charge is -2.20. The number of aryl methyl sites for hydroxylation is 1. The summed E-state index contributed by atoms with van der Waals surface area (Å²) in [6.07, 6.45) is 3.61. The molecule has 6 nitrogen and oxygen atoms in total. The maximum Gasteiger partial charge on any atom is 0.335 e. The molecule has 0 aliphatic carbocycles. The summed E-state index contributed by atoms with van der Waals surface area (Å²) in [7, 11) is 1.62. The molecule has 0 saturated carbocycles. The average molecular weight is 341 g/mol. The van der Waals surface area contributed by atoms with Crippen molar-refractivity contribution in [2.24, 2.45) is 5.92 Å². The molecule has 1 atom stereocenters. The van der Waals surface area contributed by atoms with E-state index in [1.807, 2.05) is 6.92 Å². The van der Waals surface area contributed by atoms with E-state index in [-0.39, 0.29) is 0 Å². The van der Waals surface area contributed by atoms with Crippen LogP contribution in [0.2, 0.25) is 0 Å². The average Bonchev–Trinajstić information content (AvgIpc) is 3.05. The zero-order valence-corrected chi connectivity index (χ0v) is 14.8. The Labute approximate surface area is 147 Å². The molecule has 0 amide bonds. The van der Waals surface area contributed by atoms with E-state index < -0.39 is 5.97 Å². The summed E-state index contributed by atoms with van der Waals surface area (Å²) >= 11 is 0. The van der Waals surface area contributed by atoms with E-state index in [4.69, 9.17) is 4.74 Å². The molecule has 1 saturated heterocycles. The number of nitrogens with zero attached hydrogens (tertiary/aromatic N) is 3. The second-order valence-corrected chi connectivity index (χ2v) is 6.61. The van der Waals surface area contributed by atoms with Gasteiger partial charge in [-0.15, -0.1) is 5.10 Å². The monoisotopic (exact) mass is 341 g/mol. The van der Waals surface area contributed by atoms with E-state index in [1.165, 1.54) is 5.56 Å². The van der Waals surface area contributed by atoms with E-state index in [2.05, 4.69) is 22.0 Å². The van der Waals surface area contributed by atoms with Gasteiger partial charge in [0, 0.05) is 13.1 Å². The minimum atomic E-state index is -0.914. The van der Waals surface area contributed by atoms with Crippen LogP contribution in [0, 0.1) is 19.8 Å². The minimum Gasteiger partial charge on any atom is -0.496 e. The molecule has 2 heterocycles. The van der Waals surface area contributed by atoms with E-state index in [0.717, 1.165) is 48.6 Å². The SMILES string of the molecule is COc1ccc(C(=O)O)cc1CC1CCN(c2nncc(C)c2C)C1. The van der Waals surface area contributed by atoms with Crippen molar-refractivity contribution in [3.63, 3.8) is 0 Å². The van der Waals surface area contributed by atoms with E-state index >= 15 is 0 Å². The van der Waals surface area contributed by atoms with Gasteiger partial charge in [-0.3, -0.25) is 0 Å². The molecule has 1 aromatic carbocycles. The summed E-state index contributed by atoms with van der Waals surface area (Å²) in [5.41, 5.74) is 3.55. The largest absolute Gasteiger partial charge is 0.496 e. The van der Waals surface area contributed by atoms with Gasteiger partial charge in [0.2, 0.25) is 0 Å². The molecular weight excluding hydrogens is 318 g/mol. The second-order valence-electron chi connectivity index (χ2n) is 6.61. The van der Waals surface area contributed by atoms with Gasteiger partial charge in [0.15, 0.2) is 5.82 Å². The van der Waals surface area contributed by atoms with Crippen LogP contribution in [0.15, 0.2) is 24.4 Å². The highest BCUT2D eigenvalue weighted by atomic mass is 16.5. The Hall–Kier alpha value is -2.63. The van der Waals surface area contributed by atoms with Gasteiger partial charge in [-0.2, -0.15) is 5.10 Å². The minimum absolute atomic E-state index is 0.297. The van der Waals surface area contributed by atoms with Gasteiger partial charge in [-0.1, -0.05) is 0 Å². The Morgan fingerprint density at radius 1 is 1.40 bits per heavy atom. The summed E-state index contributed by atoms with van der Waals surface area (Å²) < 4.78 is 5.41. The lowest BCUT2D eigenvalue weighted by atomic mass is 9.96. The Bertz CT molecular complexity index is 791. The molecule has 0 spiro atoms. The van der Waals surface area contributed by atoms with Gasteiger partial charge in [0.25, 0.3) is 0 Å². The number of methoxy groups -OCH3 is 1. The topological polar surface area (TPSA) is 75.6 Å². The van der Waals surface area contributed by atoms with Gasteiger partial charge in [0.1, 0.15) is 5.75 Å². The number of carboxylic acids is 1. The number of anilines is 1. The number of aromatic nitrogens is 2. The second kappa shape index (κ2) is 7.09. The van der Waals surface area contributed by atoms with Gasteiger partial charge in [-0.25, -0.2) is 4.79 Å². The van der Waals surface area contributed by atoms with Crippen molar-refractivity contribution in [1.29, 1.82) is 0 Å². The van der Waals surface area contributed by atoms with Gasteiger partial charge in [-0.05, 0) is 67.5 Å². The number of hydrogen-bond donors (Lipinski definition) is 1. The van der Waals surface area contributed by atoms with Gasteiger partial charge < -0.3 is 14.7 Å². The number of carboxylic acid groups (broad SMARTS) is 1. The Balaban J connectivity index is 1.76. The molecule has 1 aromatic heterocycles. The van der Waals surface area contributed by atoms with Crippen LogP contribution >= 0.6 is 0 Å². The molecular formula is C19H23N3O3. The first-order valence-electron chi connectivity index (χ1n) is 8.43. The lowest BCUT2D eigenvalue weighted by Crippen LogP contribution is -2.23. The third kappa shape index (κ3) is 3.57.